The third kappa shape index (κ3) is 1.71. The Labute approximate surface area is 99.4 Å². The number of allylic oxidation sites excluding steroid dienone is 1. The summed E-state index contributed by atoms with van der Waals surface area (Å²) in [4.78, 5) is 12.2. The molecule has 1 aromatic carbocycles. The van der Waals surface area contributed by atoms with Crippen LogP contribution in [-0.2, 0) is 10.3 Å². The van der Waals surface area contributed by atoms with E-state index >= 15 is 0 Å². The first-order valence-corrected chi connectivity index (χ1v) is 4.84. The minimum absolute atomic E-state index is 0.246. The molecule has 0 fully saturated rings. The summed E-state index contributed by atoms with van der Waals surface area (Å²) in [7, 11) is 0. The lowest BCUT2D eigenvalue weighted by Crippen LogP contribution is -2.45. The number of hydrogen-bond donors (Lipinski definition) is 1. The van der Waals surface area contributed by atoms with Crippen LogP contribution < -0.4 is 5.73 Å². The highest BCUT2D eigenvalue weighted by Gasteiger charge is 2.36. The van der Waals surface area contributed by atoms with Crippen molar-refractivity contribution in [2.75, 3.05) is 0 Å². The zero-order chi connectivity index (χ0) is 14.4. The molecule has 0 bridgehead atoms. The zero-order valence-corrected chi connectivity index (χ0v) is 8.64. The van der Waals surface area contributed by atoms with Crippen molar-refractivity contribution < 1.29 is 10.3 Å². The summed E-state index contributed by atoms with van der Waals surface area (Å²) in [5.74, 6) is -0.777. The Morgan fingerprint density at radius 3 is 3.00 bits per heavy atom. The Bertz CT molecular complexity index is 587. The van der Waals surface area contributed by atoms with Crippen LogP contribution in [0.1, 0.15) is 23.8 Å². The van der Waals surface area contributed by atoms with E-state index in [0.29, 0.717) is 0 Å². The molecule has 2 nitrogen and oxygen atoms in total. The molecule has 1 aliphatic rings. The smallest absolute Gasteiger partial charge is 0.179 e. The van der Waals surface area contributed by atoms with Crippen molar-refractivity contribution in [3.63, 3.8) is 0 Å². The van der Waals surface area contributed by atoms with Crippen LogP contribution in [0.5, 0.6) is 0 Å². The fraction of sp³-hybridized carbons (Fsp3) is 0.250. The van der Waals surface area contributed by atoms with Crippen LogP contribution in [0.4, 0.5) is 0 Å². The second-order valence-electron chi connectivity index (χ2n) is 3.38. The summed E-state index contributed by atoms with van der Waals surface area (Å²) in [5, 5.41) is 0.246. The summed E-state index contributed by atoms with van der Waals surface area (Å²) >= 11 is 6.01. The van der Waals surface area contributed by atoms with E-state index in [4.69, 9.17) is 22.8 Å². The topological polar surface area (TPSA) is 43.1 Å². The highest BCUT2D eigenvalue weighted by atomic mass is 35.5. The van der Waals surface area contributed by atoms with Gasteiger partial charge in [-0.3, -0.25) is 4.79 Å². The number of hydrogen-bond acceptors (Lipinski definition) is 2. The van der Waals surface area contributed by atoms with Crippen molar-refractivity contribution in [2.45, 2.75) is 18.3 Å². The van der Waals surface area contributed by atoms with E-state index in [1.54, 1.807) is 24.3 Å². The third-order valence-corrected chi connectivity index (χ3v) is 2.72. The maximum absolute atomic E-state index is 12.2. The van der Waals surface area contributed by atoms with Gasteiger partial charge in [-0.25, -0.2) is 0 Å². The van der Waals surface area contributed by atoms with Crippen molar-refractivity contribution in [1.82, 2.24) is 0 Å². The minimum Gasteiger partial charge on any atom is -0.315 e. The molecule has 1 atom stereocenters. The standard InChI is InChI=1S/C12H12ClNO/c13-10-6-2-1-5-9(10)12(14)8-4-3-7-11(12)15/h1-3,5-7H,4,8,14H2/i3D,4D2,7D. The summed E-state index contributed by atoms with van der Waals surface area (Å²) in [5.41, 5.74) is 4.62. The van der Waals surface area contributed by atoms with Crippen molar-refractivity contribution in [2.24, 2.45) is 5.73 Å². The van der Waals surface area contributed by atoms with Gasteiger partial charge in [0.25, 0.3) is 0 Å². The molecule has 0 amide bonds. The van der Waals surface area contributed by atoms with E-state index in [0.717, 1.165) is 0 Å². The van der Waals surface area contributed by atoms with E-state index in [1.165, 1.54) is 0 Å². The minimum atomic E-state index is -2.13. The Balaban J connectivity index is 2.64. The Morgan fingerprint density at radius 2 is 2.27 bits per heavy atom. The molecular weight excluding hydrogens is 210 g/mol. The molecule has 0 saturated heterocycles. The highest BCUT2D eigenvalue weighted by Crippen LogP contribution is 2.33. The van der Waals surface area contributed by atoms with Gasteiger partial charge < -0.3 is 5.73 Å². The van der Waals surface area contributed by atoms with Crippen LogP contribution in [0, 0.1) is 0 Å². The summed E-state index contributed by atoms with van der Waals surface area (Å²) in [6.45, 7) is 0. The zero-order valence-electron chi connectivity index (χ0n) is 11.9. The Morgan fingerprint density at radius 1 is 1.53 bits per heavy atom. The number of nitrogens with two attached hydrogens (primary N) is 1. The van der Waals surface area contributed by atoms with Crippen LogP contribution in [0.25, 0.3) is 0 Å². The molecule has 15 heavy (non-hydrogen) atoms. The van der Waals surface area contributed by atoms with Crippen molar-refractivity contribution >= 4 is 17.4 Å². The van der Waals surface area contributed by atoms with Crippen LogP contribution >= 0.6 is 11.6 Å². The van der Waals surface area contributed by atoms with Crippen molar-refractivity contribution in [3.05, 3.63) is 47.0 Å². The van der Waals surface area contributed by atoms with Gasteiger partial charge in [-0.15, -0.1) is 0 Å². The third-order valence-electron chi connectivity index (χ3n) is 2.39. The van der Waals surface area contributed by atoms with Crippen LogP contribution in [-0.4, -0.2) is 5.78 Å². The molecule has 2 rings (SSSR count). The lowest BCUT2D eigenvalue weighted by molar-refractivity contribution is -0.120. The van der Waals surface area contributed by atoms with Gasteiger partial charge >= 0.3 is 0 Å². The van der Waals surface area contributed by atoms with Gasteiger partial charge in [0.05, 0.1) is 2.74 Å². The first-order valence-electron chi connectivity index (χ1n) is 6.47. The van der Waals surface area contributed by atoms with Gasteiger partial charge in [0.2, 0.25) is 0 Å². The lowest BCUT2D eigenvalue weighted by atomic mass is 9.79. The molecule has 0 heterocycles. The average molecular weight is 226 g/mol. The van der Waals surface area contributed by atoms with Crippen molar-refractivity contribution in [3.8, 4) is 0 Å². The monoisotopic (exact) mass is 225 g/mol. The Kier molecular flexibility index (Phi) is 1.64. The first kappa shape index (κ1) is 6.46. The fourth-order valence-electron chi connectivity index (χ4n) is 1.52. The predicted molar refractivity (Wildman–Crippen MR) is 60.7 cm³/mol. The molecule has 3 heteroatoms. The van der Waals surface area contributed by atoms with Crippen LogP contribution in [0.2, 0.25) is 5.02 Å². The quantitative estimate of drug-likeness (QED) is 0.798. The van der Waals surface area contributed by atoms with Gasteiger partial charge in [-0.1, -0.05) is 35.9 Å². The molecule has 0 saturated carbocycles. The molecule has 78 valence electrons. The molecule has 0 aromatic heterocycles. The molecule has 1 unspecified atom stereocenters. The fourth-order valence-corrected chi connectivity index (χ4v) is 1.82. The van der Waals surface area contributed by atoms with E-state index in [9.17, 15) is 4.79 Å². The second-order valence-corrected chi connectivity index (χ2v) is 3.79. The van der Waals surface area contributed by atoms with E-state index in [2.05, 4.69) is 0 Å². The highest BCUT2D eigenvalue weighted by molar-refractivity contribution is 6.31. The number of rotatable bonds is 1. The van der Waals surface area contributed by atoms with Gasteiger partial charge in [0, 0.05) is 7.76 Å². The molecule has 2 N–H and O–H groups in total. The van der Waals surface area contributed by atoms with Gasteiger partial charge in [0.15, 0.2) is 5.78 Å². The van der Waals surface area contributed by atoms with Crippen LogP contribution in [0.15, 0.2) is 36.4 Å². The number of carbonyl (C=O) groups excluding carboxylic acids is 1. The van der Waals surface area contributed by atoms with Gasteiger partial charge in [-0.05, 0) is 30.5 Å². The van der Waals surface area contributed by atoms with Gasteiger partial charge in [-0.2, -0.15) is 0 Å². The number of ketones is 1. The second kappa shape index (κ2) is 3.80. The average Bonchev–Trinajstić information content (AvgIpc) is 2.34. The summed E-state index contributed by atoms with van der Waals surface area (Å²) < 4.78 is 30.6. The lowest BCUT2D eigenvalue weighted by Gasteiger charge is -2.30. The van der Waals surface area contributed by atoms with Gasteiger partial charge in [0.1, 0.15) is 5.54 Å². The largest absolute Gasteiger partial charge is 0.315 e. The number of carbonyl (C=O) groups is 1. The maximum Gasteiger partial charge on any atom is 0.179 e. The van der Waals surface area contributed by atoms with E-state index < -0.39 is 36.2 Å². The molecule has 0 aliphatic heterocycles. The first-order chi connectivity index (χ1) is 8.70. The maximum atomic E-state index is 12.2. The number of benzene rings is 1. The van der Waals surface area contributed by atoms with E-state index in [-0.39, 0.29) is 10.6 Å². The number of halogens is 1. The van der Waals surface area contributed by atoms with Crippen molar-refractivity contribution in [1.29, 1.82) is 0 Å². The molecule has 1 aromatic rings. The normalized spacial score (nSPS) is 34.1. The predicted octanol–water partition coefficient (Wildman–Crippen LogP) is 2.41. The molecular formula is C12H12ClNO. The van der Waals surface area contributed by atoms with Crippen LogP contribution in [0.3, 0.4) is 0 Å². The molecule has 0 spiro atoms. The molecule has 1 aliphatic carbocycles. The van der Waals surface area contributed by atoms with E-state index in [1.807, 2.05) is 0 Å². The summed E-state index contributed by atoms with van der Waals surface area (Å²) in [6, 6.07) is 5.08. The molecule has 0 radical (unpaired) electrons. The SMILES string of the molecule is [2H]C1=C([2H])C([2H])([2H])CC(N)(c2ccccc2Cl)C1=O. The summed E-state index contributed by atoms with van der Waals surface area (Å²) in [6.07, 6.45) is -2.53. The Hall–Kier alpha value is -1.12.